The molecule has 0 spiro atoms. The van der Waals surface area contributed by atoms with E-state index in [1.54, 1.807) is 78.7 Å². The molecule has 0 aliphatic carbocycles. The van der Waals surface area contributed by atoms with E-state index in [-0.39, 0.29) is 13.8 Å². The predicted molar refractivity (Wildman–Crippen MR) is 293 cm³/mol. The maximum Gasteiger partial charge on any atom is 0.163 e. The van der Waals surface area contributed by atoms with Crippen molar-refractivity contribution in [3.05, 3.63) is 132 Å². The van der Waals surface area contributed by atoms with Gasteiger partial charge in [-0.2, -0.15) is 0 Å². The molecule has 0 aliphatic heterocycles. The van der Waals surface area contributed by atoms with Gasteiger partial charge in [-0.05, 0) is 80.6 Å². The summed E-state index contributed by atoms with van der Waals surface area (Å²) in [6, 6.07) is 29.3. The van der Waals surface area contributed by atoms with Gasteiger partial charge >= 0.3 is 0 Å². The van der Waals surface area contributed by atoms with Crippen molar-refractivity contribution in [2.75, 3.05) is 98.1 Å². The number of anilines is 4. The summed E-state index contributed by atoms with van der Waals surface area (Å²) >= 11 is 6.08. The van der Waals surface area contributed by atoms with Crippen molar-refractivity contribution in [2.24, 2.45) is 0 Å². The second kappa shape index (κ2) is 32.4. The fourth-order valence-corrected chi connectivity index (χ4v) is 6.08. The highest BCUT2D eigenvalue weighted by molar-refractivity contribution is 6.34. The molecule has 386 valence electrons. The molecule has 0 atom stereocenters. The van der Waals surface area contributed by atoms with Crippen molar-refractivity contribution in [2.45, 2.75) is 19.4 Å². The summed E-state index contributed by atoms with van der Waals surface area (Å²) in [4.78, 5) is 16.9. The number of fused-ring (bicyclic) bond motifs is 2. The van der Waals surface area contributed by atoms with Crippen LogP contribution in [0.3, 0.4) is 0 Å². The Hall–Kier alpha value is -7.56. The second-order valence-corrected chi connectivity index (χ2v) is 15.8. The summed E-state index contributed by atoms with van der Waals surface area (Å²) in [6.07, 6.45) is 13.5. The van der Waals surface area contributed by atoms with Crippen LogP contribution in [-0.4, -0.2) is 112 Å². The lowest BCUT2D eigenvalue weighted by atomic mass is 10.1. The molecule has 0 unspecified atom stereocenters. The molecule has 16 nitrogen and oxygen atoms in total. The van der Waals surface area contributed by atoms with E-state index in [2.05, 4.69) is 48.9 Å². The molecule has 73 heavy (non-hydrogen) atoms. The maximum atomic E-state index is 9.34. The molecule has 0 bridgehead atoms. The number of nitrogens with one attached hydrogen (secondary N) is 1. The Morgan fingerprint density at radius 2 is 1.00 bits per heavy atom. The smallest absolute Gasteiger partial charge is 0.163 e. The van der Waals surface area contributed by atoms with E-state index in [0.717, 1.165) is 33.3 Å². The Kier molecular flexibility index (Phi) is 26.5. The molecule has 0 saturated heterocycles. The van der Waals surface area contributed by atoms with Crippen LogP contribution in [0.5, 0.6) is 23.0 Å². The van der Waals surface area contributed by atoms with Crippen molar-refractivity contribution in [1.29, 1.82) is 0 Å². The van der Waals surface area contributed by atoms with Crippen LogP contribution in [-0.2, 0) is 18.9 Å². The summed E-state index contributed by atoms with van der Waals surface area (Å²) in [5, 5.41) is 14.5. The molecule has 0 aliphatic rings. The van der Waals surface area contributed by atoms with E-state index in [1.807, 2.05) is 60.7 Å². The first-order valence-corrected chi connectivity index (χ1v) is 22.7. The van der Waals surface area contributed by atoms with Gasteiger partial charge in [0.2, 0.25) is 0 Å². The van der Waals surface area contributed by atoms with Crippen LogP contribution in [0.1, 0.15) is 32.0 Å². The molecule has 0 saturated carbocycles. The SMILES string of the molecule is C#Cc1cccc(N)c1.C#Cc1cccc(Nc2ncnc3cc(OCCOC)c(OCCOC)cc23)c1.CC(C)(O)C#Cc1cccc(N)c1.COCCOc1cc2ncnc(Cl)c2cc1OCCOC.Cl.[2HH]. The van der Waals surface area contributed by atoms with Gasteiger partial charge in [-0.15, -0.1) is 25.3 Å². The molecule has 5 aromatic carbocycles. The predicted octanol–water partition coefficient (Wildman–Crippen LogP) is 9.05. The van der Waals surface area contributed by atoms with Gasteiger partial charge in [-0.25, -0.2) is 19.9 Å². The number of benzene rings is 5. The van der Waals surface area contributed by atoms with Gasteiger partial charge in [0.25, 0.3) is 0 Å². The number of aliphatic hydroxyl groups is 1. The quantitative estimate of drug-likeness (QED) is 0.0273. The summed E-state index contributed by atoms with van der Waals surface area (Å²) in [7, 11) is 6.48. The molecule has 0 radical (unpaired) electrons. The lowest BCUT2D eigenvalue weighted by molar-refractivity contribution is 0.132. The van der Waals surface area contributed by atoms with Crippen LogP contribution >= 0.6 is 24.0 Å². The van der Waals surface area contributed by atoms with Crippen LogP contribution < -0.4 is 35.7 Å². The van der Waals surface area contributed by atoms with Gasteiger partial charge in [0.05, 0.1) is 37.5 Å². The number of rotatable bonds is 18. The van der Waals surface area contributed by atoms with E-state index in [4.69, 9.17) is 73.8 Å². The molecular formula is C55H63Cl2N7O9. The third kappa shape index (κ3) is 21.4. The summed E-state index contributed by atoms with van der Waals surface area (Å²) in [6.45, 7) is 6.81. The zero-order chi connectivity index (χ0) is 52.1. The number of nitrogen functional groups attached to an aromatic ring is 2. The number of hydrogen-bond acceptors (Lipinski definition) is 16. The number of methoxy groups -OCH3 is 4. The number of nitrogens with zero attached hydrogens (tertiary/aromatic N) is 4. The van der Waals surface area contributed by atoms with E-state index in [9.17, 15) is 5.11 Å². The van der Waals surface area contributed by atoms with Crippen LogP contribution in [0.4, 0.5) is 22.9 Å². The number of hydrogen-bond donors (Lipinski definition) is 4. The molecule has 0 amide bonds. The minimum Gasteiger partial charge on any atom is -0.487 e. The van der Waals surface area contributed by atoms with Crippen molar-refractivity contribution in [3.8, 4) is 59.5 Å². The van der Waals surface area contributed by atoms with E-state index in [1.165, 1.54) is 12.7 Å². The monoisotopic (exact) mass is 1040 g/mol. The first kappa shape index (κ1) is 59.7. The third-order valence-corrected chi connectivity index (χ3v) is 9.58. The van der Waals surface area contributed by atoms with Crippen LogP contribution in [0.25, 0.3) is 21.8 Å². The van der Waals surface area contributed by atoms with Gasteiger partial charge in [0.15, 0.2) is 23.0 Å². The van der Waals surface area contributed by atoms with Crippen molar-refractivity contribution in [1.82, 2.24) is 19.9 Å². The first-order chi connectivity index (χ1) is 34.8. The lowest BCUT2D eigenvalue weighted by Gasteiger charge is -2.15. The van der Waals surface area contributed by atoms with Crippen LogP contribution in [0.15, 0.2) is 110 Å². The molecule has 7 aromatic rings. The normalized spacial score (nSPS) is 10.2. The minimum atomic E-state index is -0.954. The number of aromatic nitrogens is 4. The highest BCUT2D eigenvalue weighted by atomic mass is 35.5. The molecular weight excluding hydrogens is 974 g/mol. The maximum absolute atomic E-state index is 9.34. The zero-order valence-electron chi connectivity index (χ0n) is 41.6. The minimum absolute atomic E-state index is 0. The van der Waals surface area contributed by atoms with Crippen LogP contribution in [0, 0.1) is 36.5 Å². The average molecular weight is 1040 g/mol. The van der Waals surface area contributed by atoms with Gasteiger partial charge in [0.1, 0.15) is 55.7 Å². The van der Waals surface area contributed by atoms with Gasteiger partial charge in [-0.3, -0.25) is 0 Å². The Morgan fingerprint density at radius 1 is 0.575 bits per heavy atom. The Balaban J connectivity index is 0.000000364. The largest absolute Gasteiger partial charge is 0.487 e. The van der Waals surface area contributed by atoms with Gasteiger partial charge in [-0.1, -0.05) is 53.5 Å². The Labute approximate surface area is 439 Å². The summed E-state index contributed by atoms with van der Waals surface area (Å²) in [5.41, 5.74) is 16.1. The fourth-order valence-electron chi connectivity index (χ4n) is 5.88. The summed E-state index contributed by atoms with van der Waals surface area (Å²) in [5.74, 6) is 13.7. The molecule has 6 N–H and O–H groups in total. The lowest BCUT2D eigenvalue weighted by Crippen LogP contribution is -2.14. The van der Waals surface area contributed by atoms with E-state index < -0.39 is 5.60 Å². The Morgan fingerprint density at radius 3 is 1.47 bits per heavy atom. The molecule has 2 heterocycles. The standard InChI is InChI=1S/C22H23N3O4.C14H17ClN2O4.C11H13NO.C8H7N.ClH.H2/c1-4-16-6-5-7-17(12-16)25-22-18-13-20(28-10-8-26-2)21(29-11-9-27-3)14-19(18)23-15-24-22;1-18-3-5-20-12-7-10-11(16-9-17-14(10)15)8-13(12)21-6-4-19-2;1-11(2,13)7-6-9-4-3-5-10(12)8-9;1-2-7-4-3-5-8(9)6-7;;/h1,5-7,12-15H,8-11H2,2-3H3,(H,23,24,25);7-9H,3-6H2,1-2H3;3-5,8,13H,12H2,1-2H3;1,3-6H,9H2;2*1H/i;;;;;1+1. The average Bonchev–Trinajstić information content (AvgIpc) is 3.37. The fraction of sp³-hybridized carbons (Fsp3) is 0.273. The number of nitrogens with two attached hydrogens (primary N) is 2. The number of terminal acetylenes is 2. The van der Waals surface area contributed by atoms with Crippen molar-refractivity contribution < 1.29 is 44.4 Å². The van der Waals surface area contributed by atoms with Crippen molar-refractivity contribution >= 4 is 68.7 Å². The molecule has 18 heteroatoms. The highest BCUT2D eigenvalue weighted by Crippen LogP contribution is 2.36. The second-order valence-electron chi connectivity index (χ2n) is 15.4. The highest BCUT2D eigenvalue weighted by Gasteiger charge is 2.14. The molecule has 2 aromatic heterocycles. The van der Waals surface area contributed by atoms with E-state index >= 15 is 0 Å². The third-order valence-electron chi connectivity index (χ3n) is 9.28. The zero-order valence-corrected chi connectivity index (χ0v) is 43.2. The van der Waals surface area contributed by atoms with Crippen molar-refractivity contribution in [3.63, 3.8) is 0 Å². The summed E-state index contributed by atoms with van der Waals surface area (Å²) < 4.78 is 43.1. The molecule has 0 fully saturated rings. The molecule has 7 rings (SSSR count). The number of ether oxygens (including phenoxy) is 8. The van der Waals surface area contributed by atoms with E-state index in [0.29, 0.717) is 109 Å². The number of halogens is 2. The Bertz CT molecular complexity index is 2960. The van der Waals surface area contributed by atoms with Gasteiger partial charge in [0, 0.05) is 86.5 Å². The topological polar surface area (TPSA) is 210 Å². The van der Waals surface area contributed by atoms with Crippen LogP contribution in [0.2, 0.25) is 5.15 Å². The first-order valence-electron chi connectivity index (χ1n) is 22.3. The van der Waals surface area contributed by atoms with Gasteiger partial charge < -0.3 is 59.8 Å².